The number of nitrogens with zero attached hydrogens (tertiary/aromatic N) is 1. The van der Waals surface area contributed by atoms with Crippen molar-refractivity contribution in [3.63, 3.8) is 0 Å². The molecule has 0 bridgehead atoms. The SMILES string of the molecule is CC(=O)N[C@H](CCCCN)C(=O)N1CCC[C@@H]1C(=O)N[C@H](C(N)=O)C(C)C. The van der Waals surface area contributed by atoms with E-state index in [0.29, 0.717) is 38.8 Å². The molecular formula is C18H33N5O4. The van der Waals surface area contributed by atoms with Crippen LogP contribution in [0.1, 0.15) is 52.9 Å². The topological polar surface area (TPSA) is 148 Å². The van der Waals surface area contributed by atoms with E-state index in [-0.39, 0.29) is 23.6 Å². The van der Waals surface area contributed by atoms with Crippen molar-refractivity contribution in [1.82, 2.24) is 15.5 Å². The summed E-state index contributed by atoms with van der Waals surface area (Å²) in [4.78, 5) is 50.1. The minimum atomic E-state index is -0.786. The van der Waals surface area contributed by atoms with Crippen molar-refractivity contribution in [2.75, 3.05) is 13.1 Å². The lowest BCUT2D eigenvalue weighted by molar-refractivity contribution is -0.142. The van der Waals surface area contributed by atoms with Crippen molar-refractivity contribution in [3.05, 3.63) is 0 Å². The summed E-state index contributed by atoms with van der Waals surface area (Å²) < 4.78 is 0. The molecule has 1 fully saturated rings. The van der Waals surface area contributed by atoms with Gasteiger partial charge in [0, 0.05) is 13.5 Å². The Morgan fingerprint density at radius 2 is 1.81 bits per heavy atom. The highest BCUT2D eigenvalue weighted by molar-refractivity contribution is 5.94. The summed E-state index contributed by atoms with van der Waals surface area (Å²) in [6, 6.07) is -2.13. The number of hydrogen-bond donors (Lipinski definition) is 4. The first-order valence-electron chi connectivity index (χ1n) is 9.56. The molecule has 0 unspecified atom stereocenters. The van der Waals surface area contributed by atoms with Gasteiger partial charge in [0.05, 0.1) is 0 Å². The average molecular weight is 383 g/mol. The molecule has 4 amide bonds. The molecule has 1 aliphatic heterocycles. The minimum Gasteiger partial charge on any atom is -0.368 e. The zero-order valence-electron chi connectivity index (χ0n) is 16.5. The van der Waals surface area contributed by atoms with Crippen LogP contribution in [0.4, 0.5) is 0 Å². The fraction of sp³-hybridized carbons (Fsp3) is 0.778. The van der Waals surface area contributed by atoms with Gasteiger partial charge in [-0.25, -0.2) is 0 Å². The van der Waals surface area contributed by atoms with E-state index in [2.05, 4.69) is 10.6 Å². The summed E-state index contributed by atoms with van der Waals surface area (Å²) in [5.41, 5.74) is 10.9. The Hall–Kier alpha value is -2.16. The molecule has 9 heteroatoms. The number of hydrogen-bond acceptors (Lipinski definition) is 5. The molecule has 9 nitrogen and oxygen atoms in total. The fourth-order valence-electron chi connectivity index (χ4n) is 3.31. The molecule has 0 aromatic rings. The Bertz CT molecular complexity index is 552. The van der Waals surface area contributed by atoms with Crippen molar-refractivity contribution >= 4 is 23.6 Å². The van der Waals surface area contributed by atoms with Crippen molar-refractivity contribution in [3.8, 4) is 0 Å². The normalized spacial score (nSPS) is 18.9. The predicted octanol–water partition coefficient (Wildman–Crippen LogP) is -0.763. The highest BCUT2D eigenvalue weighted by atomic mass is 16.2. The Balaban J connectivity index is 2.85. The Morgan fingerprint density at radius 1 is 1.15 bits per heavy atom. The number of nitrogens with one attached hydrogen (secondary N) is 2. The van der Waals surface area contributed by atoms with Gasteiger partial charge in [-0.2, -0.15) is 0 Å². The lowest BCUT2D eigenvalue weighted by Gasteiger charge is -2.30. The lowest BCUT2D eigenvalue weighted by atomic mass is 10.0. The van der Waals surface area contributed by atoms with Gasteiger partial charge in [-0.15, -0.1) is 0 Å². The maximum atomic E-state index is 13.0. The zero-order valence-corrected chi connectivity index (χ0v) is 16.5. The van der Waals surface area contributed by atoms with E-state index in [4.69, 9.17) is 11.5 Å². The lowest BCUT2D eigenvalue weighted by Crippen LogP contribution is -2.56. The molecule has 1 heterocycles. The molecule has 0 spiro atoms. The van der Waals surface area contributed by atoms with Crippen molar-refractivity contribution in [2.24, 2.45) is 17.4 Å². The molecule has 0 aromatic heterocycles. The van der Waals surface area contributed by atoms with Gasteiger partial charge in [0.25, 0.3) is 0 Å². The van der Waals surface area contributed by atoms with Crippen LogP contribution in [-0.4, -0.2) is 59.7 Å². The van der Waals surface area contributed by atoms with Gasteiger partial charge >= 0.3 is 0 Å². The third kappa shape index (κ3) is 6.82. The number of carbonyl (C=O) groups excluding carboxylic acids is 4. The van der Waals surface area contributed by atoms with E-state index in [1.807, 2.05) is 0 Å². The van der Waals surface area contributed by atoms with Gasteiger partial charge in [0.2, 0.25) is 23.6 Å². The number of likely N-dealkylation sites (tertiary alicyclic amines) is 1. The van der Waals surface area contributed by atoms with Crippen molar-refractivity contribution < 1.29 is 19.2 Å². The van der Waals surface area contributed by atoms with Crippen LogP contribution in [-0.2, 0) is 19.2 Å². The summed E-state index contributed by atoms with van der Waals surface area (Å²) >= 11 is 0. The molecule has 3 atom stereocenters. The zero-order chi connectivity index (χ0) is 20.6. The summed E-state index contributed by atoms with van der Waals surface area (Å²) in [7, 11) is 0. The average Bonchev–Trinajstić information content (AvgIpc) is 3.06. The molecule has 0 saturated carbocycles. The van der Waals surface area contributed by atoms with Crippen molar-refractivity contribution in [1.29, 1.82) is 0 Å². The van der Waals surface area contributed by atoms with Gasteiger partial charge in [0.1, 0.15) is 18.1 Å². The van der Waals surface area contributed by atoms with Crippen LogP contribution >= 0.6 is 0 Å². The standard InChI is InChI=1S/C18H33N5O4/c1-11(2)15(16(20)25)22-17(26)14-8-6-10-23(14)18(27)13(21-12(3)24)7-4-5-9-19/h11,13-15H,4-10,19H2,1-3H3,(H2,20,25)(H,21,24)(H,22,26)/t13-,14-,15+/m1/s1. The van der Waals surface area contributed by atoms with Gasteiger partial charge in [0.15, 0.2) is 0 Å². The van der Waals surface area contributed by atoms with E-state index in [9.17, 15) is 19.2 Å². The number of rotatable bonds is 10. The first-order valence-corrected chi connectivity index (χ1v) is 9.56. The van der Waals surface area contributed by atoms with Crippen LogP contribution in [0, 0.1) is 5.92 Å². The largest absolute Gasteiger partial charge is 0.368 e. The number of amides is 4. The molecule has 1 aliphatic rings. The van der Waals surface area contributed by atoms with E-state index in [1.165, 1.54) is 11.8 Å². The number of unbranched alkanes of at least 4 members (excludes halogenated alkanes) is 1. The van der Waals surface area contributed by atoms with Crippen LogP contribution in [0.25, 0.3) is 0 Å². The number of carbonyl (C=O) groups is 4. The Labute approximate surface area is 160 Å². The van der Waals surface area contributed by atoms with Gasteiger partial charge in [-0.1, -0.05) is 13.8 Å². The number of primary amides is 1. The second-order valence-electron chi connectivity index (χ2n) is 7.36. The molecular weight excluding hydrogens is 350 g/mol. The summed E-state index contributed by atoms with van der Waals surface area (Å²) in [6.07, 6.45) is 3.12. The molecule has 0 radical (unpaired) electrons. The van der Waals surface area contributed by atoms with E-state index < -0.39 is 24.0 Å². The summed E-state index contributed by atoms with van der Waals surface area (Å²) in [6.45, 7) is 5.89. The van der Waals surface area contributed by atoms with Crippen LogP contribution in [0.2, 0.25) is 0 Å². The second kappa shape index (κ2) is 10.9. The first-order chi connectivity index (χ1) is 12.7. The van der Waals surface area contributed by atoms with E-state index in [0.717, 1.165) is 6.42 Å². The van der Waals surface area contributed by atoms with Crippen LogP contribution in [0.15, 0.2) is 0 Å². The predicted molar refractivity (Wildman–Crippen MR) is 101 cm³/mol. The minimum absolute atomic E-state index is 0.152. The molecule has 1 rings (SSSR count). The number of nitrogens with two attached hydrogens (primary N) is 2. The Morgan fingerprint density at radius 3 is 2.33 bits per heavy atom. The third-order valence-electron chi connectivity index (χ3n) is 4.73. The van der Waals surface area contributed by atoms with Gasteiger partial charge < -0.3 is 27.0 Å². The monoisotopic (exact) mass is 383 g/mol. The second-order valence-corrected chi connectivity index (χ2v) is 7.36. The molecule has 1 saturated heterocycles. The van der Waals surface area contributed by atoms with Gasteiger partial charge in [-0.05, 0) is 44.6 Å². The van der Waals surface area contributed by atoms with E-state index >= 15 is 0 Å². The van der Waals surface area contributed by atoms with Crippen LogP contribution < -0.4 is 22.1 Å². The molecule has 0 aliphatic carbocycles. The maximum absolute atomic E-state index is 13.0. The molecule has 6 N–H and O–H groups in total. The summed E-state index contributed by atoms with van der Waals surface area (Å²) in [5.74, 6) is -1.72. The van der Waals surface area contributed by atoms with Crippen molar-refractivity contribution in [2.45, 2.75) is 71.0 Å². The molecule has 27 heavy (non-hydrogen) atoms. The van der Waals surface area contributed by atoms with E-state index in [1.54, 1.807) is 13.8 Å². The first kappa shape index (κ1) is 22.9. The maximum Gasteiger partial charge on any atom is 0.245 e. The van der Waals surface area contributed by atoms with Crippen LogP contribution in [0.3, 0.4) is 0 Å². The van der Waals surface area contributed by atoms with Crippen LogP contribution in [0.5, 0.6) is 0 Å². The fourth-order valence-corrected chi connectivity index (χ4v) is 3.31. The Kier molecular flexibility index (Phi) is 9.20. The third-order valence-corrected chi connectivity index (χ3v) is 4.73. The summed E-state index contributed by atoms with van der Waals surface area (Å²) in [5, 5.41) is 5.34. The molecule has 0 aromatic carbocycles. The van der Waals surface area contributed by atoms with Gasteiger partial charge in [-0.3, -0.25) is 19.2 Å². The smallest absolute Gasteiger partial charge is 0.245 e. The highest BCUT2D eigenvalue weighted by Crippen LogP contribution is 2.20. The highest BCUT2D eigenvalue weighted by Gasteiger charge is 2.38. The quantitative estimate of drug-likeness (QED) is 0.366. The molecule has 154 valence electrons.